The quantitative estimate of drug-likeness (QED) is 0.419. The molecule has 0 radical (unpaired) electrons. The minimum absolute atomic E-state index is 0.0499. The minimum atomic E-state index is 0.0499. The third-order valence-corrected chi connectivity index (χ3v) is 3.01. The summed E-state index contributed by atoms with van der Waals surface area (Å²) in [5.41, 5.74) is 9.92. The molecule has 1 unspecified atom stereocenters. The van der Waals surface area contributed by atoms with Crippen LogP contribution in [0.15, 0.2) is 29.4 Å². The highest BCUT2D eigenvalue weighted by molar-refractivity contribution is 5.86. The van der Waals surface area contributed by atoms with Crippen molar-refractivity contribution >= 4 is 11.5 Å². The molecule has 0 spiro atoms. The fourth-order valence-corrected chi connectivity index (χ4v) is 2.16. The van der Waals surface area contributed by atoms with Gasteiger partial charge in [0.2, 0.25) is 0 Å². The molecule has 1 aromatic carbocycles. The summed E-state index contributed by atoms with van der Waals surface area (Å²) in [4.78, 5) is 14.4. The summed E-state index contributed by atoms with van der Waals surface area (Å²) in [6.45, 7) is 0. The van der Waals surface area contributed by atoms with Crippen molar-refractivity contribution < 1.29 is 4.79 Å². The molecule has 0 bridgehead atoms. The lowest BCUT2D eigenvalue weighted by Crippen LogP contribution is -2.16. The zero-order chi connectivity index (χ0) is 11.4. The number of azide groups is 1. The zero-order valence-corrected chi connectivity index (χ0v) is 8.97. The fraction of sp³-hybridized carbons (Fsp3) is 0.417. The summed E-state index contributed by atoms with van der Waals surface area (Å²) in [7, 11) is 0. The summed E-state index contributed by atoms with van der Waals surface area (Å²) in [5.74, 6) is 0.386. The molecular formula is C12H13N3O. The molecule has 0 N–H and O–H groups in total. The molecule has 1 aliphatic carbocycles. The minimum Gasteiger partial charge on any atom is -0.299 e. The van der Waals surface area contributed by atoms with E-state index < -0.39 is 0 Å². The Bertz CT molecular complexity index is 432. The molecule has 1 atom stereocenters. The summed E-state index contributed by atoms with van der Waals surface area (Å²) < 4.78 is 0. The van der Waals surface area contributed by atoms with E-state index in [1.165, 1.54) is 0 Å². The summed E-state index contributed by atoms with van der Waals surface area (Å²) in [6.07, 6.45) is 3.78. The molecule has 16 heavy (non-hydrogen) atoms. The van der Waals surface area contributed by atoms with Crippen LogP contribution in [0.3, 0.4) is 0 Å². The van der Waals surface area contributed by atoms with Gasteiger partial charge in [-0.25, -0.2) is 0 Å². The molecule has 1 aromatic rings. The van der Waals surface area contributed by atoms with E-state index >= 15 is 0 Å². The molecule has 0 aliphatic heterocycles. The molecule has 82 valence electrons. The number of ketones is 1. The molecule has 0 amide bonds. The average molecular weight is 215 g/mol. The van der Waals surface area contributed by atoms with Gasteiger partial charge in [0.1, 0.15) is 5.78 Å². The van der Waals surface area contributed by atoms with Crippen LogP contribution in [0, 0.1) is 0 Å². The Hall–Kier alpha value is -1.80. The van der Waals surface area contributed by atoms with Crippen molar-refractivity contribution in [3.05, 3.63) is 40.3 Å². The Kier molecular flexibility index (Phi) is 3.22. The lowest BCUT2D eigenvalue weighted by Gasteiger charge is -2.20. The summed E-state index contributed by atoms with van der Waals surface area (Å²) >= 11 is 0. The number of benzene rings is 1. The van der Waals surface area contributed by atoms with Gasteiger partial charge in [-0.3, -0.25) is 4.79 Å². The van der Waals surface area contributed by atoms with Crippen LogP contribution in [0.1, 0.15) is 37.2 Å². The largest absolute Gasteiger partial charge is 0.299 e. The van der Waals surface area contributed by atoms with Crippen molar-refractivity contribution in [2.45, 2.75) is 31.6 Å². The second-order valence-electron chi connectivity index (χ2n) is 4.05. The van der Waals surface area contributed by atoms with Gasteiger partial charge in [0.05, 0.1) is 0 Å². The van der Waals surface area contributed by atoms with Crippen LogP contribution in [0.4, 0.5) is 5.69 Å². The van der Waals surface area contributed by atoms with Crippen LogP contribution in [0.2, 0.25) is 0 Å². The second-order valence-corrected chi connectivity index (χ2v) is 4.05. The van der Waals surface area contributed by atoms with E-state index in [1.807, 2.05) is 12.1 Å². The number of nitrogens with zero attached hydrogens (tertiary/aromatic N) is 3. The maximum absolute atomic E-state index is 11.7. The van der Waals surface area contributed by atoms with Crippen LogP contribution in [-0.2, 0) is 4.79 Å². The van der Waals surface area contributed by atoms with E-state index in [1.54, 1.807) is 12.1 Å². The van der Waals surface area contributed by atoms with Crippen molar-refractivity contribution in [2.24, 2.45) is 5.11 Å². The summed E-state index contributed by atoms with van der Waals surface area (Å²) in [5, 5.41) is 3.51. The molecule has 4 heteroatoms. The van der Waals surface area contributed by atoms with Crippen LogP contribution in [-0.4, -0.2) is 5.78 Å². The third kappa shape index (κ3) is 2.23. The topological polar surface area (TPSA) is 65.8 Å². The number of carbonyl (C=O) groups excluding carboxylic acids is 1. The fourth-order valence-electron chi connectivity index (χ4n) is 2.16. The smallest absolute Gasteiger partial charge is 0.140 e. The first-order valence-corrected chi connectivity index (χ1v) is 5.49. The van der Waals surface area contributed by atoms with E-state index in [0.717, 1.165) is 24.8 Å². The van der Waals surface area contributed by atoms with Crippen LogP contribution in [0.25, 0.3) is 10.4 Å². The Labute approximate surface area is 93.9 Å². The first-order valence-electron chi connectivity index (χ1n) is 5.49. The molecule has 1 fully saturated rings. The number of hydrogen-bond acceptors (Lipinski definition) is 2. The van der Waals surface area contributed by atoms with Crippen molar-refractivity contribution in [1.29, 1.82) is 0 Å². The third-order valence-electron chi connectivity index (χ3n) is 3.01. The monoisotopic (exact) mass is 215 g/mol. The number of Topliss-reactive ketones (excluding diaryl/α,β-unsaturated/α-hetero) is 1. The Balaban J connectivity index is 2.20. The van der Waals surface area contributed by atoms with Crippen LogP contribution < -0.4 is 0 Å². The van der Waals surface area contributed by atoms with Crippen molar-refractivity contribution in [2.75, 3.05) is 0 Å². The molecule has 4 nitrogen and oxygen atoms in total. The summed E-state index contributed by atoms with van der Waals surface area (Å²) in [6, 6.07) is 7.30. The van der Waals surface area contributed by atoms with E-state index in [4.69, 9.17) is 5.53 Å². The number of rotatable bonds is 2. The van der Waals surface area contributed by atoms with Gasteiger partial charge in [-0.15, -0.1) is 0 Å². The molecule has 0 saturated heterocycles. The van der Waals surface area contributed by atoms with Gasteiger partial charge < -0.3 is 0 Å². The van der Waals surface area contributed by atoms with Gasteiger partial charge in [0, 0.05) is 22.9 Å². The zero-order valence-electron chi connectivity index (χ0n) is 8.97. The molecule has 1 aliphatic rings. The number of hydrogen-bond donors (Lipinski definition) is 0. The van der Waals surface area contributed by atoms with Gasteiger partial charge in [-0.2, -0.15) is 0 Å². The Morgan fingerprint density at radius 1 is 1.25 bits per heavy atom. The van der Waals surface area contributed by atoms with E-state index in [9.17, 15) is 4.79 Å². The van der Waals surface area contributed by atoms with Gasteiger partial charge in [0.15, 0.2) is 0 Å². The normalized spacial score (nSPS) is 20.2. The van der Waals surface area contributed by atoms with Crippen molar-refractivity contribution in [1.82, 2.24) is 0 Å². The van der Waals surface area contributed by atoms with E-state index in [0.29, 0.717) is 17.9 Å². The number of carbonyl (C=O) groups is 1. The molecular weight excluding hydrogens is 202 g/mol. The lowest BCUT2D eigenvalue weighted by atomic mass is 9.83. The van der Waals surface area contributed by atoms with E-state index in [2.05, 4.69) is 10.0 Å². The molecule has 2 rings (SSSR count). The van der Waals surface area contributed by atoms with Gasteiger partial charge in [-0.05, 0) is 23.9 Å². The average Bonchev–Trinajstić information content (AvgIpc) is 2.31. The van der Waals surface area contributed by atoms with Gasteiger partial charge in [0.25, 0.3) is 0 Å². The highest BCUT2D eigenvalue weighted by Crippen LogP contribution is 2.30. The van der Waals surface area contributed by atoms with Crippen molar-refractivity contribution in [3.63, 3.8) is 0 Å². The standard InChI is InChI=1S/C12H13N3O/c13-15-14-10-7-5-9(6-8-10)11-3-1-2-4-12(11)16/h5-8,11H,1-4H2. The molecule has 0 heterocycles. The SMILES string of the molecule is [N-]=[N+]=Nc1ccc(C2CCCCC2=O)cc1. The molecule has 1 saturated carbocycles. The highest BCUT2D eigenvalue weighted by atomic mass is 16.1. The van der Waals surface area contributed by atoms with Crippen LogP contribution in [0.5, 0.6) is 0 Å². The van der Waals surface area contributed by atoms with Crippen LogP contribution >= 0.6 is 0 Å². The maximum Gasteiger partial charge on any atom is 0.140 e. The second kappa shape index (κ2) is 4.81. The first-order chi connectivity index (χ1) is 7.81. The predicted molar refractivity (Wildman–Crippen MR) is 61.5 cm³/mol. The van der Waals surface area contributed by atoms with Crippen molar-refractivity contribution in [3.8, 4) is 0 Å². The Morgan fingerprint density at radius 3 is 2.62 bits per heavy atom. The Morgan fingerprint density at radius 2 is 2.00 bits per heavy atom. The molecule has 0 aromatic heterocycles. The predicted octanol–water partition coefficient (Wildman–Crippen LogP) is 3.86. The lowest BCUT2D eigenvalue weighted by molar-refractivity contribution is -0.121. The van der Waals surface area contributed by atoms with Gasteiger partial charge >= 0.3 is 0 Å². The van der Waals surface area contributed by atoms with E-state index in [-0.39, 0.29) is 5.92 Å². The highest BCUT2D eigenvalue weighted by Gasteiger charge is 2.23. The van der Waals surface area contributed by atoms with Gasteiger partial charge in [-0.1, -0.05) is 35.8 Å². The first kappa shape index (κ1) is 10.7. The maximum atomic E-state index is 11.7.